The fourth-order valence-electron chi connectivity index (χ4n) is 2.54. The number of nitrogens with zero attached hydrogens (tertiary/aromatic N) is 2. The Kier molecular flexibility index (Phi) is 3.64. The summed E-state index contributed by atoms with van der Waals surface area (Å²) in [7, 11) is 2.01. The first-order valence-electron chi connectivity index (χ1n) is 6.21. The van der Waals surface area contributed by atoms with E-state index in [1.165, 1.54) is 0 Å². The number of hydrogen-bond acceptors (Lipinski definition) is 4. The molecule has 0 amide bonds. The van der Waals surface area contributed by atoms with Crippen LogP contribution >= 0.6 is 0 Å². The lowest BCUT2D eigenvalue weighted by molar-refractivity contribution is 0.0559. The Labute approximate surface area is 102 Å². The Bertz CT molecular complexity index is 375. The second-order valence-corrected chi connectivity index (χ2v) is 5.00. The lowest BCUT2D eigenvalue weighted by Gasteiger charge is -2.30. The van der Waals surface area contributed by atoms with Crippen LogP contribution in [0.5, 0.6) is 0 Å². The van der Waals surface area contributed by atoms with E-state index in [1.54, 1.807) is 6.20 Å². The molecule has 0 atom stereocenters. The van der Waals surface area contributed by atoms with E-state index in [0.29, 0.717) is 13.1 Å². The van der Waals surface area contributed by atoms with Gasteiger partial charge in [0.25, 0.3) is 0 Å². The minimum Gasteiger partial charge on any atom is -0.388 e. The van der Waals surface area contributed by atoms with E-state index in [2.05, 4.69) is 9.88 Å². The van der Waals surface area contributed by atoms with Gasteiger partial charge in [-0.2, -0.15) is 0 Å². The van der Waals surface area contributed by atoms with Gasteiger partial charge in [0.2, 0.25) is 0 Å². The summed E-state index contributed by atoms with van der Waals surface area (Å²) in [5.41, 5.74) is 7.02. The van der Waals surface area contributed by atoms with Crippen molar-refractivity contribution in [2.75, 3.05) is 18.5 Å². The number of nitrogens with two attached hydrogens (primary N) is 1. The van der Waals surface area contributed by atoms with Crippen LogP contribution in [0.4, 0.5) is 5.69 Å². The second kappa shape index (κ2) is 5.02. The summed E-state index contributed by atoms with van der Waals surface area (Å²) in [5, 5.41) is 10.4. The first-order valence-corrected chi connectivity index (χ1v) is 6.21. The number of rotatable bonds is 4. The number of likely N-dealkylation sites (N-methyl/N-ethyl adjacent to an activating group) is 1. The maximum absolute atomic E-state index is 10.4. The number of anilines is 1. The minimum atomic E-state index is -0.513. The van der Waals surface area contributed by atoms with Crippen molar-refractivity contribution in [3.8, 4) is 0 Å². The Morgan fingerprint density at radius 3 is 2.82 bits per heavy atom. The monoisotopic (exact) mass is 235 g/mol. The summed E-state index contributed by atoms with van der Waals surface area (Å²) in [6.07, 6.45) is 5.86. The molecule has 0 radical (unpaired) electrons. The molecule has 0 aliphatic heterocycles. The Morgan fingerprint density at radius 1 is 1.47 bits per heavy atom. The van der Waals surface area contributed by atoms with Crippen LogP contribution in [0, 0.1) is 0 Å². The van der Waals surface area contributed by atoms with Crippen LogP contribution in [-0.2, 0) is 6.54 Å². The first kappa shape index (κ1) is 12.3. The van der Waals surface area contributed by atoms with E-state index in [9.17, 15) is 5.11 Å². The summed E-state index contributed by atoms with van der Waals surface area (Å²) in [4.78, 5) is 6.26. The topological polar surface area (TPSA) is 62.4 Å². The van der Waals surface area contributed by atoms with Crippen LogP contribution in [0.1, 0.15) is 31.4 Å². The molecule has 0 spiro atoms. The summed E-state index contributed by atoms with van der Waals surface area (Å²) in [5.74, 6) is 0. The van der Waals surface area contributed by atoms with Crippen molar-refractivity contribution in [3.05, 3.63) is 24.0 Å². The molecule has 1 saturated carbocycles. The third kappa shape index (κ3) is 2.96. The maximum Gasteiger partial charge on any atom is 0.0821 e. The van der Waals surface area contributed by atoms with Gasteiger partial charge in [0, 0.05) is 32.0 Å². The Balaban J connectivity index is 2.05. The second-order valence-electron chi connectivity index (χ2n) is 5.00. The summed E-state index contributed by atoms with van der Waals surface area (Å²) in [6, 6.07) is 3.94. The molecule has 4 nitrogen and oxygen atoms in total. The standard InChI is InChI=1S/C13H21N3O/c1-16(10-13(17)5-2-3-6-13)12-4-7-15-11(8-12)9-14/h4,7-8,17H,2-3,5-6,9-10,14H2,1H3. The van der Waals surface area contributed by atoms with Gasteiger partial charge in [0.1, 0.15) is 0 Å². The number of hydrogen-bond donors (Lipinski definition) is 2. The lowest BCUT2D eigenvalue weighted by atomic mass is 10.0. The minimum absolute atomic E-state index is 0.450. The molecule has 0 unspecified atom stereocenters. The van der Waals surface area contributed by atoms with Crippen molar-refractivity contribution in [1.29, 1.82) is 0 Å². The van der Waals surface area contributed by atoms with Crippen LogP contribution in [0.2, 0.25) is 0 Å². The predicted molar refractivity (Wildman–Crippen MR) is 68.8 cm³/mol. The maximum atomic E-state index is 10.4. The smallest absolute Gasteiger partial charge is 0.0821 e. The zero-order chi connectivity index (χ0) is 12.3. The zero-order valence-corrected chi connectivity index (χ0v) is 10.4. The molecule has 1 aromatic heterocycles. The largest absolute Gasteiger partial charge is 0.388 e. The average molecular weight is 235 g/mol. The fraction of sp³-hybridized carbons (Fsp3) is 0.615. The van der Waals surface area contributed by atoms with Crippen molar-refractivity contribution in [2.45, 2.75) is 37.8 Å². The summed E-state index contributed by atoms with van der Waals surface area (Å²) < 4.78 is 0. The van der Waals surface area contributed by atoms with Crippen LogP contribution in [0.3, 0.4) is 0 Å². The third-order valence-corrected chi connectivity index (χ3v) is 3.52. The normalized spacial score (nSPS) is 18.3. The quantitative estimate of drug-likeness (QED) is 0.825. The van der Waals surface area contributed by atoms with Crippen molar-refractivity contribution in [3.63, 3.8) is 0 Å². The van der Waals surface area contributed by atoms with Crippen molar-refractivity contribution in [2.24, 2.45) is 5.73 Å². The molecule has 1 aliphatic rings. The molecule has 1 fully saturated rings. The van der Waals surface area contributed by atoms with Crippen molar-refractivity contribution < 1.29 is 5.11 Å². The van der Waals surface area contributed by atoms with Crippen molar-refractivity contribution >= 4 is 5.69 Å². The van der Waals surface area contributed by atoms with Gasteiger partial charge in [0.05, 0.1) is 11.3 Å². The van der Waals surface area contributed by atoms with E-state index in [-0.39, 0.29) is 0 Å². The molecule has 17 heavy (non-hydrogen) atoms. The average Bonchev–Trinajstić information content (AvgIpc) is 2.76. The Morgan fingerprint density at radius 2 is 2.18 bits per heavy atom. The highest BCUT2D eigenvalue weighted by molar-refractivity contribution is 5.46. The highest BCUT2D eigenvalue weighted by atomic mass is 16.3. The van der Waals surface area contributed by atoms with E-state index >= 15 is 0 Å². The first-order chi connectivity index (χ1) is 8.13. The van der Waals surface area contributed by atoms with E-state index in [0.717, 1.165) is 37.1 Å². The van der Waals surface area contributed by atoms with Gasteiger partial charge in [-0.3, -0.25) is 4.98 Å². The Hall–Kier alpha value is -1.13. The molecule has 1 heterocycles. The number of aromatic nitrogens is 1. The summed E-state index contributed by atoms with van der Waals surface area (Å²) >= 11 is 0. The van der Waals surface area contributed by atoms with Crippen molar-refractivity contribution in [1.82, 2.24) is 4.98 Å². The van der Waals surface area contributed by atoms with Crippen LogP contribution in [0.25, 0.3) is 0 Å². The molecule has 0 aromatic carbocycles. The van der Waals surface area contributed by atoms with E-state index < -0.39 is 5.60 Å². The number of pyridine rings is 1. The molecule has 0 saturated heterocycles. The zero-order valence-electron chi connectivity index (χ0n) is 10.4. The molecule has 94 valence electrons. The molecule has 1 aliphatic carbocycles. The molecule has 4 heteroatoms. The van der Waals surface area contributed by atoms with Gasteiger partial charge in [-0.15, -0.1) is 0 Å². The SMILES string of the molecule is CN(CC1(O)CCCC1)c1ccnc(CN)c1. The van der Waals surface area contributed by atoms with E-state index in [4.69, 9.17) is 5.73 Å². The lowest BCUT2D eigenvalue weighted by Crippen LogP contribution is -2.39. The van der Waals surface area contributed by atoms with Crippen LogP contribution in [0.15, 0.2) is 18.3 Å². The molecule has 1 aromatic rings. The van der Waals surface area contributed by atoms with Gasteiger partial charge in [-0.05, 0) is 25.0 Å². The third-order valence-electron chi connectivity index (χ3n) is 3.52. The van der Waals surface area contributed by atoms with Crippen LogP contribution in [-0.4, -0.2) is 29.3 Å². The van der Waals surface area contributed by atoms with E-state index in [1.807, 2.05) is 19.2 Å². The molecule has 0 bridgehead atoms. The molecular weight excluding hydrogens is 214 g/mol. The predicted octanol–water partition coefficient (Wildman–Crippen LogP) is 1.28. The van der Waals surface area contributed by atoms with Gasteiger partial charge in [-0.1, -0.05) is 12.8 Å². The molecule has 3 N–H and O–H groups in total. The van der Waals surface area contributed by atoms with Gasteiger partial charge < -0.3 is 15.7 Å². The van der Waals surface area contributed by atoms with Crippen LogP contribution < -0.4 is 10.6 Å². The highest BCUT2D eigenvalue weighted by Crippen LogP contribution is 2.31. The van der Waals surface area contributed by atoms with Gasteiger partial charge >= 0.3 is 0 Å². The van der Waals surface area contributed by atoms with Gasteiger partial charge in [0.15, 0.2) is 0 Å². The highest BCUT2D eigenvalue weighted by Gasteiger charge is 2.32. The fourth-order valence-corrected chi connectivity index (χ4v) is 2.54. The molecule has 2 rings (SSSR count). The number of aliphatic hydroxyl groups is 1. The molecular formula is C13H21N3O. The van der Waals surface area contributed by atoms with Gasteiger partial charge in [-0.25, -0.2) is 0 Å². The summed E-state index contributed by atoms with van der Waals surface area (Å²) in [6.45, 7) is 1.13.